The highest BCUT2D eigenvalue weighted by Crippen LogP contribution is 2.31. The predicted octanol–water partition coefficient (Wildman–Crippen LogP) is 2.11. The number of fused-ring (bicyclic) bond motifs is 1. The summed E-state index contributed by atoms with van der Waals surface area (Å²) in [7, 11) is 0. The summed E-state index contributed by atoms with van der Waals surface area (Å²) in [5.74, 6) is -1.51. The van der Waals surface area contributed by atoms with E-state index in [0.717, 1.165) is 12.8 Å². The van der Waals surface area contributed by atoms with Gasteiger partial charge in [-0.1, -0.05) is 0 Å². The quantitative estimate of drug-likeness (QED) is 0.794. The van der Waals surface area contributed by atoms with Crippen LogP contribution in [0.2, 0.25) is 0 Å². The zero-order chi connectivity index (χ0) is 14.3. The number of carbonyl (C=O) groups is 3. The van der Waals surface area contributed by atoms with E-state index in [1.807, 2.05) is 0 Å². The molecule has 1 aliphatic carbocycles. The summed E-state index contributed by atoms with van der Waals surface area (Å²) >= 11 is 0. The van der Waals surface area contributed by atoms with Crippen molar-refractivity contribution in [2.75, 3.05) is 11.4 Å². The minimum absolute atomic E-state index is 0.0319. The van der Waals surface area contributed by atoms with Crippen LogP contribution in [0.4, 0.5) is 10.1 Å². The Morgan fingerprint density at radius 3 is 2.75 bits per heavy atom. The van der Waals surface area contributed by atoms with Crippen molar-refractivity contribution in [2.45, 2.75) is 25.7 Å². The van der Waals surface area contributed by atoms with Gasteiger partial charge in [-0.15, -0.1) is 0 Å². The summed E-state index contributed by atoms with van der Waals surface area (Å²) in [4.78, 5) is 36.6. The van der Waals surface area contributed by atoms with Crippen molar-refractivity contribution in [2.24, 2.45) is 5.92 Å². The third-order valence-electron chi connectivity index (χ3n) is 4.07. The number of carbonyl (C=O) groups excluding carboxylic acids is 3. The van der Waals surface area contributed by atoms with E-state index < -0.39 is 17.5 Å². The van der Waals surface area contributed by atoms with Gasteiger partial charge in [-0.05, 0) is 37.5 Å². The Labute approximate surface area is 115 Å². The van der Waals surface area contributed by atoms with Gasteiger partial charge in [0.25, 0.3) is 11.7 Å². The highest BCUT2D eigenvalue weighted by molar-refractivity contribution is 6.52. The molecule has 1 aliphatic heterocycles. The zero-order valence-electron chi connectivity index (χ0n) is 10.9. The Morgan fingerprint density at radius 2 is 2.05 bits per heavy atom. The minimum Gasteiger partial charge on any atom is -0.305 e. The van der Waals surface area contributed by atoms with E-state index in [1.54, 1.807) is 0 Å². The molecular formula is C15H14FNO3. The van der Waals surface area contributed by atoms with Gasteiger partial charge in [-0.3, -0.25) is 14.4 Å². The van der Waals surface area contributed by atoms with E-state index in [1.165, 1.54) is 23.1 Å². The number of nitrogens with zero attached hydrogens (tertiary/aromatic N) is 1. The monoisotopic (exact) mass is 275 g/mol. The third-order valence-corrected chi connectivity index (χ3v) is 4.07. The molecule has 5 heteroatoms. The van der Waals surface area contributed by atoms with Crippen LogP contribution in [-0.2, 0) is 9.59 Å². The lowest BCUT2D eigenvalue weighted by Gasteiger charge is -2.18. The smallest absolute Gasteiger partial charge is 0.299 e. The van der Waals surface area contributed by atoms with E-state index in [4.69, 9.17) is 0 Å². The summed E-state index contributed by atoms with van der Waals surface area (Å²) in [5.41, 5.74) is 0.569. The summed E-state index contributed by atoms with van der Waals surface area (Å²) in [6.45, 7) is 0.289. The first-order valence-corrected chi connectivity index (χ1v) is 6.76. The van der Waals surface area contributed by atoms with Gasteiger partial charge in [-0.2, -0.15) is 0 Å². The van der Waals surface area contributed by atoms with Crippen LogP contribution in [0.15, 0.2) is 18.2 Å². The fourth-order valence-electron chi connectivity index (χ4n) is 2.97. The predicted molar refractivity (Wildman–Crippen MR) is 70.0 cm³/mol. The summed E-state index contributed by atoms with van der Waals surface area (Å²) < 4.78 is 13.3. The molecule has 1 saturated carbocycles. The molecule has 1 aromatic carbocycles. The van der Waals surface area contributed by atoms with Crippen molar-refractivity contribution in [3.63, 3.8) is 0 Å². The number of anilines is 1. The maximum absolute atomic E-state index is 13.3. The van der Waals surface area contributed by atoms with Crippen molar-refractivity contribution in [1.29, 1.82) is 0 Å². The molecule has 0 spiro atoms. The first-order chi connectivity index (χ1) is 9.58. The maximum atomic E-state index is 13.3. The number of rotatable bonds is 3. The van der Waals surface area contributed by atoms with Gasteiger partial charge in [0.15, 0.2) is 0 Å². The molecule has 2 aliphatic rings. The van der Waals surface area contributed by atoms with Gasteiger partial charge in [0, 0.05) is 18.9 Å². The number of amides is 1. The van der Waals surface area contributed by atoms with Gasteiger partial charge in [0.2, 0.25) is 0 Å². The number of halogens is 1. The van der Waals surface area contributed by atoms with Crippen molar-refractivity contribution in [3.05, 3.63) is 29.6 Å². The Balaban J connectivity index is 1.80. The average molecular weight is 275 g/mol. The number of benzene rings is 1. The summed E-state index contributed by atoms with van der Waals surface area (Å²) in [6.07, 6.45) is 2.86. The van der Waals surface area contributed by atoms with E-state index in [0.29, 0.717) is 18.5 Å². The SMILES string of the molecule is O=C1C(=O)N(CCC2CCCC2=O)c2cc(F)ccc21. The fourth-order valence-corrected chi connectivity index (χ4v) is 2.97. The van der Waals surface area contributed by atoms with E-state index in [2.05, 4.69) is 0 Å². The second-order valence-corrected chi connectivity index (χ2v) is 5.29. The molecule has 104 valence electrons. The number of hydrogen-bond acceptors (Lipinski definition) is 3. The third kappa shape index (κ3) is 2.03. The van der Waals surface area contributed by atoms with Crippen molar-refractivity contribution >= 4 is 23.2 Å². The minimum atomic E-state index is -0.629. The highest BCUT2D eigenvalue weighted by Gasteiger charge is 2.36. The number of Topliss-reactive ketones (excluding diaryl/α,β-unsaturated/α-hetero) is 2. The van der Waals surface area contributed by atoms with Gasteiger partial charge >= 0.3 is 0 Å². The molecular weight excluding hydrogens is 261 g/mol. The number of hydrogen-bond donors (Lipinski definition) is 0. The Bertz CT molecular complexity index is 611. The molecule has 3 rings (SSSR count). The summed E-state index contributed by atoms with van der Waals surface area (Å²) in [5, 5.41) is 0. The number of ketones is 2. The van der Waals surface area contributed by atoms with Crippen LogP contribution >= 0.6 is 0 Å². The molecule has 0 aromatic heterocycles. The van der Waals surface area contributed by atoms with Crippen LogP contribution in [0.1, 0.15) is 36.0 Å². The largest absolute Gasteiger partial charge is 0.305 e. The van der Waals surface area contributed by atoms with E-state index in [9.17, 15) is 18.8 Å². The maximum Gasteiger partial charge on any atom is 0.299 e. The van der Waals surface area contributed by atoms with Crippen LogP contribution in [0, 0.1) is 11.7 Å². The fraction of sp³-hybridized carbons (Fsp3) is 0.400. The summed E-state index contributed by atoms with van der Waals surface area (Å²) in [6, 6.07) is 3.72. The standard InChI is InChI=1S/C15H14FNO3/c16-10-4-5-11-12(8-10)17(15(20)14(11)19)7-6-9-2-1-3-13(9)18/h4-5,8-9H,1-3,6-7H2. The van der Waals surface area contributed by atoms with Crippen LogP contribution in [-0.4, -0.2) is 24.0 Å². The van der Waals surface area contributed by atoms with E-state index in [-0.39, 0.29) is 23.8 Å². The molecule has 1 amide bonds. The molecule has 4 nitrogen and oxygen atoms in total. The molecule has 1 unspecified atom stereocenters. The molecule has 1 aromatic rings. The van der Waals surface area contributed by atoms with Crippen LogP contribution in [0.3, 0.4) is 0 Å². The Hall–Kier alpha value is -2.04. The van der Waals surface area contributed by atoms with Crippen LogP contribution in [0.25, 0.3) is 0 Å². The van der Waals surface area contributed by atoms with Crippen LogP contribution < -0.4 is 4.90 Å². The normalized spacial score (nSPS) is 21.8. The zero-order valence-corrected chi connectivity index (χ0v) is 10.9. The second-order valence-electron chi connectivity index (χ2n) is 5.29. The van der Waals surface area contributed by atoms with Crippen molar-refractivity contribution < 1.29 is 18.8 Å². The molecule has 0 bridgehead atoms. The molecule has 20 heavy (non-hydrogen) atoms. The molecule has 0 N–H and O–H groups in total. The van der Waals surface area contributed by atoms with Crippen molar-refractivity contribution in [1.82, 2.24) is 0 Å². The molecule has 0 radical (unpaired) electrons. The lowest BCUT2D eigenvalue weighted by Crippen LogP contribution is -2.32. The molecule has 1 heterocycles. The van der Waals surface area contributed by atoms with Gasteiger partial charge in [0.05, 0.1) is 11.3 Å². The van der Waals surface area contributed by atoms with Crippen LogP contribution in [0.5, 0.6) is 0 Å². The lowest BCUT2D eigenvalue weighted by atomic mass is 10.0. The van der Waals surface area contributed by atoms with Gasteiger partial charge in [0.1, 0.15) is 11.6 Å². The van der Waals surface area contributed by atoms with E-state index >= 15 is 0 Å². The first-order valence-electron chi connectivity index (χ1n) is 6.76. The Morgan fingerprint density at radius 1 is 1.25 bits per heavy atom. The Kier molecular flexibility index (Phi) is 3.12. The van der Waals surface area contributed by atoms with Crippen molar-refractivity contribution in [3.8, 4) is 0 Å². The first kappa shape index (κ1) is 13.0. The molecule has 0 saturated heterocycles. The molecule has 1 atom stereocenters. The van der Waals surface area contributed by atoms with Gasteiger partial charge in [-0.25, -0.2) is 4.39 Å². The highest BCUT2D eigenvalue weighted by atomic mass is 19.1. The average Bonchev–Trinajstić information content (AvgIpc) is 2.92. The second kappa shape index (κ2) is 4.81. The topological polar surface area (TPSA) is 54.5 Å². The lowest BCUT2D eigenvalue weighted by molar-refractivity contribution is -0.121. The van der Waals surface area contributed by atoms with Gasteiger partial charge < -0.3 is 4.90 Å². The molecule has 1 fully saturated rings.